The molecule has 0 fully saturated rings. The van der Waals surface area contributed by atoms with E-state index in [1.165, 1.54) is 0 Å². The summed E-state index contributed by atoms with van der Waals surface area (Å²) in [5.74, 6) is 2.03. The molecule has 2 aromatic rings. The number of nitrogens with two attached hydrogens (primary N) is 1. The van der Waals surface area contributed by atoms with Gasteiger partial charge < -0.3 is 19.7 Å². The standard InChI is InChI=1S/C13H17N3O3/c1-4-9(14)12-15-13(19-16-12)8-6-5-7-10(17-2)11(8)18-3/h5-7,9H,4,14H2,1-3H3. The normalized spacial score (nSPS) is 12.2. The quantitative estimate of drug-likeness (QED) is 0.890. The molecule has 19 heavy (non-hydrogen) atoms. The minimum Gasteiger partial charge on any atom is -0.493 e. The van der Waals surface area contributed by atoms with E-state index in [9.17, 15) is 0 Å². The van der Waals surface area contributed by atoms with E-state index in [1.54, 1.807) is 20.3 Å². The van der Waals surface area contributed by atoms with Gasteiger partial charge in [0.2, 0.25) is 0 Å². The lowest BCUT2D eigenvalue weighted by Crippen LogP contribution is -2.10. The number of rotatable bonds is 5. The van der Waals surface area contributed by atoms with Crippen molar-refractivity contribution >= 4 is 0 Å². The van der Waals surface area contributed by atoms with Gasteiger partial charge in [-0.2, -0.15) is 4.98 Å². The van der Waals surface area contributed by atoms with Crippen LogP contribution in [-0.4, -0.2) is 24.4 Å². The Balaban J connectivity index is 2.44. The third kappa shape index (κ3) is 2.53. The summed E-state index contributed by atoms with van der Waals surface area (Å²) in [5.41, 5.74) is 6.56. The summed E-state index contributed by atoms with van der Waals surface area (Å²) >= 11 is 0. The van der Waals surface area contributed by atoms with E-state index in [0.29, 0.717) is 28.8 Å². The van der Waals surface area contributed by atoms with E-state index in [-0.39, 0.29) is 6.04 Å². The number of benzene rings is 1. The average Bonchev–Trinajstić information content (AvgIpc) is 2.95. The Labute approximate surface area is 111 Å². The number of ether oxygens (including phenoxy) is 2. The minimum absolute atomic E-state index is 0.228. The molecular weight excluding hydrogens is 246 g/mol. The fourth-order valence-corrected chi connectivity index (χ4v) is 1.73. The van der Waals surface area contributed by atoms with E-state index in [0.717, 1.165) is 6.42 Å². The van der Waals surface area contributed by atoms with Crippen LogP contribution in [0.25, 0.3) is 11.5 Å². The molecule has 2 N–H and O–H groups in total. The van der Waals surface area contributed by atoms with Crippen molar-refractivity contribution in [2.75, 3.05) is 14.2 Å². The Morgan fingerprint density at radius 3 is 2.74 bits per heavy atom. The molecule has 6 heteroatoms. The Hall–Kier alpha value is -2.08. The smallest absolute Gasteiger partial charge is 0.261 e. The summed E-state index contributed by atoms with van der Waals surface area (Å²) in [6, 6.07) is 5.24. The predicted octanol–water partition coefficient (Wildman–Crippen LogP) is 2.16. The Kier molecular flexibility index (Phi) is 4.01. The van der Waals surface area contributed by atoms with Gasteiger partial charge in [-0.1, -0.05) is 18.1 Å². The van der Waals surface area contributed by atoms with Crippen LogP contribution in [0, 0.1) is 0 Å². The van der Waals surface area contributed by atoms with E-state index in [1.807, 2.05) is 19.1 Å². The molecule has 0 aliphatic heterocycles. The molecule has 0 spiro atoms. The summed E-state index contributed by atoms with van der Waals surface area (Å²) in [4.78, 5) is 4.30. The molecule has 0 aliphatic carbocycles. The average molecular weight is 263 g/mol. The number of para-hydroxylation sites is 1. The first kappa shape index (κ1) is 13.4. The van der Waals surface area contributed by atoms with Crippen molar-refractivity contribution in [1.29, 1.82) is 0 Å². The molecule has 6 nitrogen and oxygen atoms in total. The zero-order valence-electron chi connectivity index (χ0n) is 11.2. The van der Waals surface area contributed by atoms with Gasteiger partial charge in [-0.25, -0.2) is 0 Å². The van der Waals surface area contributed by atoms with Crippen molar-refractivity contribution < 1.29 is 14.0 Å². The highest BCUT2D eigenvalue weighted by Gasteiger charge is 2.19. The molecule has 1 unspecified atom stereocenters. The molecule has 1 aromatic heterocycles. The molecule has 1 aromatic carbocycles. The lowest BCUT2D eigenvalue weighted by atomic mass is 10.2. The van der Waals surface area contributed by atoms with Gasteiger partial charge in [-0.05, 0) is 18.6 Å². The topological polar surface area (TPSA) is 83.4 Å². The van der Waals surface area contributed by atoms with Crippen molar-refractivity contribution in [1.82, 2.24) is 10.1 Å². The predicted molar refractivity (Wildman–Crippen MR) is 70.1 cm³/mol. The zero-order chi connectivity index (χ0) is 13.8. The lowest BCUT2D eigenvalue weighted by Gasteiger charge is -2.09. The minimum atomic E-state index is -0.228. The first-order valence-corrected chi connectivity index (χ1v) is 6.01. The van der Waals surface area contributed by atoms with Crippen LogP contribution < -0.4 is 15.2 Å². The highest BCUT2D eigenvalue weighted by atomic mass is 16.5. The van der Waals surface area contributed by atoms with E-state index >= 15 is 0 Å². The van der Waals surface area contributed by atoms with Gasteiger partial charge in [-0.15, -0.1) is 0 Å². The monoisotopic (exact) mass is 263 g/mol. The van der Waals surface area contributed by atoms with Crippen LogP contribution in [0.5, 0.6) is 11.5 Å². The van der Waals surface area contributed by atoms with Crippen molar-refractivity contribution in [3.05, 3.63) is 24.0 Å². The van der Waals surface area contributed by atoms with Crippen LogP contribution in [0.15, 0.2) is 22.7 Å². The molecule has 102 valence electrons. The number of nitrogens with zero attached hydrogens (tertiary/aromatic N) is 2. The Bertz CT molecular complexity index is 554. The van der Waals surface area contributed by atoms with Crippen molar-refractivity contribution in [3.8, 4) is 23.0 Å². The Morgan fingerprint density at radius 1 is 1.32 bits per heavy atom. The van der Waals surface area contributed by atoms with Gasteiger partial charge in [0, 0.05) is 0 Å². The third-order valence-electron chi connectivity index (χ3n) is 2.85. The fourth-order valence-electron chi connectivity index (χ4n) is 1.73. The summed E-state index contributed by atoms with van der Waals surface area (Å²) < 4.78 is 15.8. The van der Waals surface area contributed by atoms with Crippen LogP contribution in [-0.2, 0) is 0 Å². The second-order valence-corrected chi connectivity index (χ2v) is 4.01. The number of hydrogen-bond acceptors (Lipinski definition) is 6. The van der Waals surface area contributed by atoms with Crippen molar-refractivity contribution in [3.63, 3.8) is 0 Å². The molecule has 0 amide bonds. The molecule has 1 atom stereocenters. The second-order valence-electron chi connectivity index (χ2n) is 4.01. The fraction of sp³-hybridized carbons (Fsp3) is 0.385. The largest absolute Gasteiger partial charge is 0.493 e. The van der Waals surface area contributed by atoms with Crippen LogP contribution in [0.3, 0.4) is 0 Å². The molecule has 0 bridgehead atoms. The molecule has 0 radical (unpaired) electrons. The van der Waals surface area contributed by atoms with E-state index in [4.69, 9.17) is 19.7 Å². The molecule has 0 aliphatic rings. The maximum Gasteiger partial charge on any atom is 0.261 e. The first-order chi connectivity index (χ1) is 9.21. The molecular formula is C13H17N3O3. The Morgan fingerprint density at radius 2 is 2.11 bits per heavy atom. The first-order valence-electron chi connectivity index (χ1n) is 6.01. The highest BCUT2D eigenvalue weighted by Crippen LogP contribution is 2.37. The SMILES string of the molecule is CCC(N)c1noc(-c2cccc(OC)c2OC)n1. The van der Waals surface area contributed by atoms with Crippen LogP contribution in [0.2, 0.25) is 0 Å². The number of methoxy groups -OCH3 is 2. The lowest BCUT2D eigenvalue weighted by molar-refractivity contribution is 0.353. The third-order valence-corrected chi connectivity index (χ3v) is 2.85. The summed E-state index contributed by atoms with van der Waals surface area (Å²) in [5, 5.41) is 3.89. The van der Waals surface area contributed by atoms with Gasteiger partial charge in [0.1, 0.15) is 0 Å². The summed E-state index contributed by atoms with van der Waals surface area (Å²) in [6.45, 7) is 1.97. The van der Waals surface area contributed by atoms with Crippen molar-refractivity contribution in [2.24, 2.45) is 5.73 Å². The van der Waals surface area contributed by atoms with E-state index < -0.39 is 0 Å². The molecule has 2 rings (SSSR count). The van der Waals surface area contributed by atoms with Gasteiger partial charge >= 0.3 is 0 Å². The second kappa shape index (κ2) is 5.71. The van der Waals surface area contributed by atoms with Crippen LogP contribution in [0.1, 0.15) is 25.2 Å². The maximum atomic E-state index is 5.87. The van der Waals surface area contributed by atoms with Gasteiger partial charge in [-0.3, -0.25) is 0 Å². The molecule has 1 heterocycles. The van der Waals surface area contributed by atoms with Gasteiger partial charge in [0.05, 0.1) is 25.8 Å². The zero-order valence-corrected chi connectivity index (χ0v) is 11.2. The van der Waals surface area contributed by atoms with E-state index in [2.05, 4.69) is 10.1 Å². The number of hydrogen-bond donors (Lipinski definition) is 1. The number of aromatic nitrogens is 2. The molecule has 0 saturated carbocycles. The maximum absolute atomic E-state index is 5.87. The van der Waals surface area contributed by atoms with Crippen LogP contribution >= 0.6 is 0 Å². The summed E-state index contributed by atoms with van der Waals surface area (Å²) in [6.07, 6.45) is 0.744. The summed E-state index contributed by atoms with van der Waals surface area (Å²) in [7, 11) is 3.14. The highest BCUT2D eigenvalue weighted by molar-refractivity contribution is 5.67. The van der Waals surface area contributed by atoms with Gasteiger partial charge in [0.25, 0.3) is 5.89 Å². The van der Waals surface area contributed by atoms with Crippen molar-refractivity contribution in [2.45, 2.75) is 19.4 Å². The van der Waals surface area contributed by atoms with Gasteiger partial charge in [0.15, 0.2) is 17.3 Å². The van der Waals surface area contributed by atoms with Crippen LogP contribution in [0.4, 0.5) is 0 Å². The molecule has 0 saturated heterocycles.